The van der Waals surface area contributed by atoms with Gasteiger partial charge in [-0.3, -0.25) is 9.59 Å². The molecular weight excluding hydrogens is 814 g/mol. The Morgan fingerprint density at radius 3 is 2.36 bits per heavy atom. The van der Waals surface area contributed by atoms with Gasteiger partial charge >= 0.3 is 69.7 Å². The van der Waals surface area contributed by atoms with Gasteiger partial charge in [-0.25, -0.2) is 4.79 Å². The zero-order valence-corrected chi connectivity index (χ0v) is 34.5. The van der Waals surface area contributed by atoms with Crippen LogP contribution in [0.2, 0.25) is 0 Å². The first-order valence-corrected chi connectivity index (χ1v) is 18.2. The molecule has 0 saturated carbocycles. The number of rotatable bonds is 13. The van der Waals surface area contributed by atoms with Crippen LogP contribution in [0.1, 0.15) is 57.7 Å². The van der Waals surface area contributed by atoms with E-state index in [-0.39, 0.29) is 82.4 Å². The topological polar surface area (TPSA) is 169 Å². The van der Waals surface area contributed by atoms with E-state index in [1.165, 1.54) is 11.1 Å². The van der Waals surface area contributed by atoms with Crippen LogP contribution in [-0.4, -0.2) is 77.7 Å². The SMILES string of the molecule is O=C(OCc1cc(C(F)(F)F)cc(C(F)(F)F)c1)[C@H](Cc1c[n-]c2ccccc12)NC(=O)[C@H]1C[C@H](O)CN1C(=O)c1cn(CCCCc2nn[nH]n2)c2ccccc12.[K+]. The van der Waals surface area contributed by atoms with Crippen LogP contribution < -0.4 is 61.7 Å². The average molecular weight is 849 g/mol. The molecule has 59 heavy (non-hydrogen) atoms. The number of aromatic nitrogens is 6. The molecule has 0 unspecified atom stereocenters. The number of H-pyrrole nitrogens is 1. The predicted octanol–water partition coefficient (Wildman–Crippen LogP) is 2.38. The number of halogens is 6. The summed E-state index contributed by atoms with van der Waals surface area (Å²) in [5, 5.41) is 28.4. The van der Waals surface area contributed by atoms with E-state index in [9.17, 15) is 45.8 Å². The van der Waals surface area contributed by atoms with Crippen LogP contribution >= 0.6 is 0 Å². The molecule has 2 amide bonds. The molecule has 3 N–H and O–H groups in total. The molecule has 4 heterocycles. The number of para-hydroxylation sites is 2. The number of amides is 2. The standard InChI is InChI=1S/C39H35F6N8O5.K/c40-38(41,42)24-13-22(14-25(16-24)39(43,44)45)21-58-37(57)31(15-23-18-46-30-9-3-1-7-27(23)30)47-35(55)33-17-26(54)19-53(33)36(56)29-20-52(32-10-4-2-8-28(29)32)12-6-5-11-34-48-50-51-49-34;/h1-4,7-10,13-14,16,18,20,26,31,33,54H,5-6,11-12,15,17,19,21H2,(H,47,55)(H,48,49,50,51);/q-1;+1/t26-,31-,33+;/m0./s1. The molecule has 304 valence electrons. The van der Waals surface area contributed by atoms with E-state index < -0.39 is 71.6 Å². The van der Waals surface area contributed by atoms with Gasteiger partial charge in [-0.1, -0.05) is 53.2 Å². The molecule has 1 fully saturated rings. The predicted molar refractivity (Wildman–Crippen MR) is 194 cm³/mol. The van der Waals surface area contributed by atoms with Gasteiger partial charge in [-0.15, -0.1) is 15.7 Å². The van der Waals surface area contributed by atoms with E-state index in [0.717, 1.165) is 18.4 Å². The number of likely N-dealkylation sites (tertiary alicyclic amines) is 1. The monoisotopic (exact) mass is 848 g/mol. The number of ether oxygens (including phenoxy) is 1. The molecule has 7 rings (SSSR count). The normalized spacial score (nSPS) is 16.3. The maximum Gasteiger partial charge on any atom is 1.00 e. The number of unbranched alkanes of at least 4 members (excludes halogenated alkanes) is 1. The number of aromatic amines is 1. The summed E-state index contributed by atoms with van der Waals surface area (Å²) in [7, 11) is 0. The van der Waals surface area contributed by atoms with Gasteiger partial charge in [0.15, 0.2) is 5.82 Å². The Morgan fingerprint density at radius 1 is 0.966 bits per heavy atom. The molecule has 1 saturated heterocycles. The number of hydrogen-bond acceptors (Lipinski definition) is 8. The van der Waals surface area contributed by atoms with E-state index in [1.54, 1.807) is 42.6 Å². The van der Waals surface area contributed by atoms with Crippen LogP contribution in [0.4, 0.5) is 26.3 Å². The van der Waals surface area contributed by atoms with Crippen molar-refractivity contribution in [3.63, 3.8) is 0 Å². The largest absolute Gasteiger partial charge is 1.00 e. The number of aryl methyl sites for hydroxylation is 2. The second kappa shape index (κ2) is 18.3. The Morgan fingerprint density at radius 2 is 1.66 bits per heavy atom. The summed E-state index contributed by atoms with van der Waals surface area (Å²) in [6, 6.07) is 12.2. The molecular formula is C39H35F6KN8O5. The average Bonchev–Trinajstić information content (AvgIpc) is 4.01. The fourth-order valence-corrected chi connectivity index (χ4v) is 7.17. The van der Waals surface area contributed by atoms with Gasteiger partial charge in [-0.05, 0) is 48.1 Å². The number of aliphatic hydroxyl groups excluding tert-OH is 1. The van der Waals surface area contributed by atoms with Crippen molar-refractivity contribution in [2.24, 2.45) is 0 Å². The zero-order chi connectivity index (χ0) is 41.2. The van der Waals surface area contributed by atoms with Crippen molar-refractivity contribution in [3.8, 4) is 0 Å². The Bertz CT molecular complexity index is 2400. The summed E-state index contributed by atoms with van der Waals surface area (Å²) in [5.41, 5.74) is -1.63. The minimum absolute atomic E-state index is 0. The van der Waals surface area contributed by atoms with E-state index in [2.05, 4.69) is 30.9 Å². The number of hydrogen-bond donors (Lipinski definition) is 3. The summed E-state index contributed by atoms with van der Waals surface area (Å²) in [5.74, 6) is -1.97. The van der Waals surface area contributed by atoms with Crippen molar-refractivity contribution in [1.82, 2.24) is 40.4 Å². The molecule has 0 bridgehead atoms. The number of nitrogens with zero attached hydrogens (tertiary/aromatic N) is 6. The Hall–Kier alpha value is -4.60. The van der Waals surface area contributed by atoms with Crippen LogP contribution in [0.25, 0.3) is 21.8 Å². The molecule has 3 atom stereocenters. The van der Waals surface area contributed by atoms with Crippen LogP contribution in [0.5, 0.6) is 0 Å². The van der Waals surface area contributed by atoms with Gasteiger partial charge in [0, 0.05) is 49.5 Å². The van der Waals surface area contributed by atoms with Crippen LogP contribution in [-0.2, 0) is 52.7 Å². The first-order chi connectivity index (χ1) is 27.7. The number of tetrazole rings is 1. The van der Waals surface area contributed by atoms with E-state index in [4.69, 9.17) is 4.74 Å². The van der Waals surface area contributed by atoms with E-state index in [1.807, 2.05) is 16.7 Å². The quantitative estimate of drug-likeness (QED) is 0.0684. The fourth-order valence-electron chi connectivity index (χ4n) is 7.17. The fraction of sp³-hybridized carbons (Fsp3) is 0.333. The van der Waals surface area contributed by atoms with Crippen molar-refractivity contribution < 1.29 is 102 Å². The molecule has 6 aromatic rings. The number of aliphatic hydroxyl groups is 1. The number of fused-ring (bicyclic) bond motifs is 2. The number of alkyl halides is 6. The van der Waals surface area contributed by atoms with Crippen molar-refractivity contribution in [2.45, 2.75) is 75.8 Å². The summed E-state index contributed by atoms with van der Waals surface area (Å²) in [4.78, 5) is 47.5. The molecule has 0 aliphatic carbocycles. The number of benzene rings is 3. The third-order valence-electron chi connectivity index (χ3n) is 9.96. The first-order valence-electron chi connectivity index (χ1n) is 18.2. The molecule has 1 aliphatic heterocycles. The van der Waals surface area contributed by atoms with Crippen LogP contribution in [0.3, 0.4) is 0 Å². The van der Waals surface area contributed by atoms with Gasteiger partial charge in [0.1, 0.15) is 18.7 Å². The number of β-amino-alcohol motifs (C(OH)–C–C–N with tert-alkyl or cyclic N) is 1. The number of carbonyl (C=O) groups is 3. The van der Waals surface area contributed by atoms with Crippen LogP contribution in [0, 0.1) is 0 Å². The van der Waals surface area contributed by atoms with Crippen molar-refractivity contribution in [3.05, 3.63) is 113 Å². The zero-order valence-electron chi connectivity index (χ0n) is 31.4. The van der Waals surface area contributed by atoms with Gasteiger partial charge in [0.2, 0.25) is 5.91 Å². The third kappa shape index (κ3) is 10.2. The van der Waals surface area contributed by atoms with Crippen LogP contribution in [0.15, 0.2) is 79.1 Å². The van der Waals surface area contributed by atoms with Gasteiger partial charge in [0.05, 0.1) is 22.8 Å². The maximum atomic E-state index is 14.2. The smallest absolute Gasteiger partial charge is 0.663 e. The maximum absolute atomic E-state index is 14.2. The van der Waals surface area contributed by atoms with E-state index >= 15 is 0 Å². The number of carbonyl (C=O) groups excluding carboxylic acids is 3. The number of esters is 1. The van der Waals surface area contributed by atoms with Gasteiger partial charge < -0.3 is 29.6 Å². The molecule has 0 spiro atoms. The molecule has 13 nitrogen and oxygen atoms in total. The molecule has 3 aromatic heterocycles. The van der Waals surface area contributed by atoms with Gasteiger partial charge in [-0.2, -0.15) is 37.8 Å². The van der Waals surface area contributed by atoms with E-state index in [0.29, 0.717) is 52.8 Å². The Kier molecular flexibility index (Phi) is 13.7. The number of nitrogens with one attached hydrogen (secondary N) is 2. The minimum Gasteiger partial charge on any atom is -0.663 e. The first kappa shape index (κ1) is 44.0. The molecule has 1 aliphatic rings. The Balaban J connectivity index is 0.00000585. The summed E-state index contributed by atoms with van der Waals surface area (Å²) in [6.07, 6.45) is -6.54. The second-order valence-electron chi connectivity index (χ2n) is 14.0. The van der Waals surface area contributed by atoms with Crippen molar-refractivity contribution in [2.75, 3.05) is 6.54 Å². The summed E-state index contributed by atoms with van der Waals surface area (Å²) >= 11 is 0. The molecule has 20 heteroatoms. The van der Waals surface area contributed by atoms with Crippen molar-refractivity contribution >= 4 is 39.6 Å². The summed E-state index contributed by atoms with van der Waals surface area (Å²) < 4.78 is 88.3. The Labute approximate surface area is 374 Å². The summed E-state index contributed by atoms with van der Waals surface area (Å²) in [6.45, 7) is -0.637. The third-order valence-corrected chi connectivity index (χ3v) is 9.96. The minimum atomic E-state index is -5.12. The van der Waals surface area contributed by atoms with Gasteiger partial charge in [0.25, 0.3) is 5.91 Å². The molecule has 3 aromatic carbocycles. The van der Waals surface area contributed by atoms with Crippen molar-refractivity contribution in [1.29, 1.82) is 0 Å². The molecule has 0 radical (unpaired) electrons. The second-order valence-corrected chi connectivity index (χ2v) is 14.0.